The molecule has 4 nitrogen and oxygen atoms in total. The van der Waals surface area contributed by atoms with Gasteiger partial charge in [0.15, 0.2) is 0 Å². The Morgan fingerprint density at radius 1 is 1.20 bits per heavy atom. The van der Waals surface area contributed by atoms with Gasteiger partial charge in [0.2, 0.25) is 0 Å². The smallest absolute Gasteiger partial charge is 0.138 e. The van der Waals surface area contributed by atoms with Crippen LogP contribution in [0.5, 0.6) is 0 Å². The molecule has 0 amide bonds. The van der Waals surface area contributed by atoms with Gasteiger partial charge in [0.1, 0.15) is 23.3 Å². The number of nitrogens with zero attached hydrogens (tertiary/aromatic N) is 2. The molecule has 6 heteroatoms. The van der Waals surface area contributed by atoms with Crippen molar-refractivity contribution < 1.29 is 4.39 Å². The van der Waals surface area contributed by atoms with Crippen LogP contribution in [0.1, 0.15) is 26.6 Å². The molecule has 0 aliphatic rings. The second-order valence-electron chi connectivity index (χ2n) is 5.50. The fourth-order valence-corrected chi connectivity index (χ4v) is 1.94. The molecule has 1 aromatic carbocycles. The number of hydrogen-bond acceptors (Lipinski definition) is 4. The molecule has 3 N–H and O–H groups in total. The van der Waals surface area contributed by atoms with Gasteiger partial charge in [-0.3, -0.25) is 0 Å². The van der Waals surface area contributed by atoms with Crippen molar-refractivity contribution >= 4 is 33.3 Å². The third kappa shape index (κ3) is 3.45. The van der Waals surface area contributed by atoms with E-state index in [0.29, 0.717) is 23.1 Å². The number of aromatic nitrogens is 2. The Balaban J connectivity index is 2.39. The van der Waals surface area contributed by atoms with Crippen LogP contribution in [0, 0.1) is 5.82 Å². The molecule has 20 heavy (non-hydrogen) atoms. The number of nitrogens with two attached hydrogens (primary N) is 1. The molecule has 0 spiro atoms. The third-order valence-corrected chi connectivity index (χ3v) is 3.30. The zero-order valence-corrected chi connectivity index (χ0v) is 13.1. The first-order chi connectivity index (χ1) is 9.25. The number of rotatable bonds is 2. The zero-order chi connectivity index (χ0) is 14.9. The van der Waals surface area contributed by atoms with Crippen LogP contribution in [0.4, 0.5) is 21.7 Å². The SMILES string of the molecule is CC(C)(C)c1nc(N)cc(Nc2cc(F)ccc2Br)n1. The van der Waals surface area contributed by atoms with E-state index in [1.54, 1.807) is 12.1 Å². The van der Waals surface area contributed by atoms with Crippen LogP contribution < -0.4 is 11.1 Å². The van der Waals surface area contributed by atoms with E-state index in [9.17, 15) is 4.39 Å². The average molecular weight is 339 g/mol. The first kappa shape index (κ1) is 14.7. The van der Waals surface area contributed by atoms with Crippen LogP contribution in [0.2, 0.25) is 0 Å². The fourth-order valence-electron chi connectivity index (χ4n) is 1.60. The fraction of sp³-hybridized carbons (Fsp3) is 0.286. The van der Waals surface area contributed by atoms with E-state index in [2.05, 4.69) is 31.2 Å². The van der Waals surface area contributed by atoms with Gasteiger partial charge in [-0.2, -0.15) is 0 Å². The quantitative estimate of drug-likeness (QED) is 0.868. The Labute approximate surface area is 125 Å². The maximum atomic E-state index is 13.3. The van der Waals surface area contributed by atoms with Gasteiger partial charge in [0.05, 0.1) is 5.69 Å². The maximum Gasteiger partial charge on any atom is 0.138 e. The van der Waals surface area contributed by atoms with Gasteiger partial charge in [0, 0.05) is 16.0 Å². The highest BCUT2D eigenvalue weighted by Gasteiger charge is 2.19. The van der Waals surface area contributed by atoms with E-state index in [0.717, 1.165) is 4.47 Å². The highest BCUT2D eigenvalue weighted by molar-refractivity contribution is 9.10. The van der Waals surface area contributed by atoms with Gasteiger partial charge in [-0.05, 0) is 34.1 Å². The summed E-state index contributed by atoms with van der Waals surface area (Å²) >= 11 is 3.36. The molecule has 2 aromatic rings. The number of hydrogen-bond donors (Lipinski definition) is 2. The molecule has 0 unspecified atom stereocenters. The van der Waals surface area contributed by atoms with Gasteiger partial charge in [-0.15, -0.1) is 0 Å². The van der Waals surface area contributed by atoms with Crippen molar-refractivity contribution in [2.75, 3.05) is 11.1 Å². The highest BCUT2D eigenvalue weighted by atomic mass is 79.9. The van der Waals surface area contributed by atoms with Crippen LogP contribution in [0.25, 0.3) is 0 Å². The van der Waals surface area contributed by atoms with Crippen LogP contribution in [-0.2, 0) is 5.41 Å². The van der Waals surface area contributed by atoms with Crippen molar-refractivity contribution in [3.63, 3.8) is 0 Å². The summed E-state index contributed by atoms with van der Waals surface area (Å²) in [5.74, 6) is 1.22. The van der Waals surface area contributed by atoms with Crippen LogP contribution >= 0.6 is 15.9 Å². The van der Waals surface area contributed by atoms with Crippen molar-refractivity contribution in [1.82, 2.24) is 9.97 Å². The Bertz CT molecular complexity index is 638. The van der Waals surface area contributed by atoms with Crippen molar-refractivity contribution in [1.29, 1.82) is 0 Å². The van der Waals surface area contributed by atoms with Gasteiger partial charge in [-0.1, -0.05) is 20.8 Å². The van der Waals surface area contributed by atoms with Crippen LogP contribution in [-0.4, -0.2) is 9.97 Å². The molecule has 0 aliphatic carbocycles. The van der Waals surface area contributed by atoms with E-state index in [1.165, 1.54) is 12.1 Å². The molecule has 1 heterocycles. The average Bonchev–Trinajstić information content (AvgIpc) is 2.32. The van der Waals surface area contributed by atoms with Gasteiger partial charge in [-0.25, -0.2) is 14.4 Å². The van der Waals surface area contributed by atoms with E-state index < -0.39 is 0 Å². The predicted octanol–water partition coefficient (Wildman–Crippen LogP) is 4.00. The van der Waals surface area contributed by atoms with Gasteiger partial charge in [0.25, 0.3) is 0 Å². The predicted molar refractivity (Wildman–Crippen MR) is 82.5 cm³/mol. The maximum absolute atomic E-state index is 13.3. The highest BCUT2D eigenvalue weighted by Crippen LogP contribution is 2.28. The molecule has 1 aromatic heterocycles. The van der Waals surface area contributed by atoms with Crippen molar-refractivity contribution in [2.24, 2.45) is 0 Å². The molecule has 106 valence electrons. The number of anilines is 3. The van der Waals surface area contributed by atoms with Crippen molar-refractivity contribution in [3.8, 4) is 0 Å². The standard InChI is InChI=1S/C14H16BrFN4/c1-14(2,3)13-19-11(17)7-12(20-13)18-10-6-8(16)4-5-9(10)15/h4-7H,1-3H3,(H3,17,18,19,20). The minimum Gasteiger partial charge on any atom is -0.384 e. The lowest BCUT2D eigenvalue weighted by atomic mass is 9.96. The van der Waals surface area contributed by atoms with Crippen molar-refractivity contribution in [3.05, 3.63) is 40.4 Å². The number of benzene rings is 1. The molecule has 0 saturated carbocycles. The Morgan fingerprint density at radius 3 is 2.55 bits per heavy atom. The minimum absolute atomic E-state index is 0.217. The number of nitrogen functional groups attached to an aromatic ring is 1. The summed E-state index contributed by atoms with van der Waals surface area (Å²) in [7, 11) is 0. The normalized spacial score (nSPS) is 11.4. The number of halogens is 2. The molecule has 0 atom stereocenters. The first-order valence-corrected chi connectivity index (χ1v) is 6.92. The van der Waals surface area contributed by atoms with E-state index >= 15 is 0 Å². The largest absolute Gasteiger partial charge is 0.384 e. The molecule has 0 aliphatic heterocycles. The molecule has 0 bridgehead atoms. The second kappa shape index (κ2) is 5.36. The molecule has 0 fully saturated rings. The summed E-state index contributed by atoms with van der Waals surface area (Å²) in [5.41, 5.74) is 6.17. The third-order valence-electron chi connectivity index (χ3n) is 2.61. The molecule has 2 rings (SSSR count). The van der Waals surface area contributed by atoms with Gasteiger partial charge >= 0.3 is 0 Å². The zero-order valence-electron chi connectivity index (χ0n) is 11.5. The molecular formula is C14H16BrFN4. The summed E-state index contributed by atoms with van der Waals surface area (Å²) in [5, 5.41) is 3.05. The lowest BCUT2D eigenvalue weighted by Crippen LogP contribution is -2.17. The summed E-state index contributed by atoms with van der Waals surface area (Å²) in [6.45, 7) is 6.01. The Kier molecular flexibility index (Phi) is 3.94. The Hall–Kier alpha value is -1.69. The summed E-state index contributed by atoms with van der Waals surface area (Å²) in [4.78, 5) is 8.65. The molecule has 0 saturated heterocycles. The molecule has 0 radical (unpaired) electrons. The monoisotopic (exact) mass is 338 g/mol. The second-order valence-corrected chi connectivity index (χ2v) is 6.36. The topological polar surface area (TPSA) is 63.8 Å². The first-order valence-electron chi connectivity index (χ1n) is 6.13. The number of nitrogens with one attached hydrogen (secondary N) is 1. The Morgan fingerprint density at radius 2 is 1.90 bits per heavy atom. The van der Waals surface area contributed by atoms with Crippen LogP contribution in [0.3, 0.4) is 0 Å². The minimum atomic E-state index is -0.325. The summed E-state index contributed by atoms with van der Waals surface area (Å²) in [6.07, 6.45) is 0. The molecular weight excluding hydrogens is 323 g/mol. The lowest BCUT2D eigenvalue weighted by molar-refractivity contribution is 0.547. The summed E-state index contributed by atoms with van der Waals surface area (Å²) in [6, 6.07) is 6.02. The summed E-state index contributed by atoms with van der Waals surface area (Å²) < 4.78 is 14.0. The van der Waals surface area contributed by atoms with E-state index in [-0.39, 0.29) is 11.2 Å². The van der Waals surface area contributed by atoms with E-state index in [1.807, 2.05) is 20.8 Å². The van der Waals surface area contributed by atoms with Gasteiger partial charge < -0.3 is 11.1 Å². The van der Waals surface area contributed by atoms with Crippen molar-refractivity contribution in [2.45, 2.75) is 26.2 Å². The van der Waals surface area contributed by atoms with Crippen LogP contribution in [0.15, 0.2) is 28.7 Å². The van der Waals surface area contributed by atoms with E-state index in [4.69, 9.17) is 5.73 Å². The lowest BCUT2D eigenvalue weighted by Gasteiger charge is -2.18.